The van der Waals surface area contributed by atoms with Crippen molar-refractivity contribution in [3.05, 3.63) is 47.8 Å². The van der Waals surface area contributed by atoms with Crippen LogP contribution < -0.4 is 4.72 Å². The molecule has 0 bridgehead atoms. The van der Waals surface area contributed by atoms with Gasteiger partial charge >= 0.3 is 0 Å². The normalized spacial score (nSPS) is 11.4. The summed E-state index contributed by atoms with van der Waals surface area (Å²) in [5.41, 5.74) is 0.897. The number of nitrogens with zero attached hydrogens (tertiary/aromatic N) is 1. The first kappa shape index (κ1) is 13.4. The number of Topliss-reactive ketones (excluding diaryl/α,β-unsaturated/α-hetero) is 1. The monoisotopic (exact) mass is 279 g/mol. The Kier molecular flexibility index (Phi) is 3.77. The molecule has 2 N–H and O–H groups in total. The van der Waals surface area contributed by atoms with Crippen molar-refractivity contribution in [3.63, 3.8) is 0 Å². The van der Waals surface area contributed by atoms with Crippen molar-refractivity contribution in [3.8, 4) is 0 Å². The SMILES string of the molecule is Cc1[nH]ncc1S(=O)(=O)NCC(=O)c1ccccc1. The lowest BCUT2D eigenvalue weighted by Crippen LogP contribution is -2.29. The molecule has 1 heterocycles. The number of carbonyl (C=O) groups excluding carboxylic acids is 1. The van der Waals surface area contributed by atoms with Crippen LogP contribution in [0, 0.1) is 6.92 Å². The minimum absolute atomic E-state index is 0.0494. The largest absolute Gasteiger partial charge is 0.293 e. The van der Waals surface area contributed by atoms with Crippen molar-refractivity contribution >= 4 is 15.8 Å². The second-order valence-corrected chi connectivity index (χ2v) is 5.71. The van der Waals surface area contributed by atoms with Gasteiger partial charge in [0.15, 0.2) is 5.78 Å². The van der Waals surface area contributed by atoms with Crippen LogP contribution in [0.25, 0.3) is 0 Å². The highest BCUT2D eigenvalue weighted by atomic mass is 32.2. The Morgan fingerprint density at radius 1 is 1.32 bits per heavy atom. The third kappa shape index (κ3) is 3.07. The molecule has 0 radical (unpaired) electrons. The minimum Gasteiger partial charge on any atom is -0.293 e. The fourth-order valence-corrected chi connectivity index (χ4v) is 2.69. The predicted octanol–water partition coefficient (Wildman–Crippen LogP) is 0.879. The second kappa shape index (κ2) is 5.33. The molecule has 0 unspecified atom stereocenters. The minimum atomic E-state index is -3.72. The number of hydrogen-bond acceptors (Lipinski definition) is 4. The van der Waals surface area contributed by atoms with E-state index < -0.39 is 10.0 Å². The maximum absolute atomic E-state index is 11.9. The lowest BCUT2D eigenvalue weighted by Gasteiger charge is -2.05. The number of aromatic amines is 1. The summed E-state index contributed by atoms with van der Waals surface area (Å²) < 4.78 is 26.1. The summed E-state index contributed by atoms with van der Waals surface area (Å²) in [7, 11) is -3.72. The lowest BCUT2D eigenvalue weighted by atomic mass is 10.1. The van der Waals surface area contributed by atoms with E-state index in [0.717, 1.165) is 0 Å². The van der Waals surface area contributed by atoms with E-state index in [2.05, 4.69) is 14.9 Å². The highest BCUT2D eigenvalue weighted by molar-refractivity contribution is 7.89. The maximum atomic E-state index is 11.9. The van der Waals surface area contributed by atoms with Gasteiger partial charge in [-0.15, -0.1) is 0 Å². The number of rotatable bonds is 5. The van der Waals surface area contributed by atoms with Crippen molar-refractivity contribution in [1.82, 2.24) is 14.9 Å². The molecule has 2 aromatic rings. The van der Waals surface area contributed by atoms with Crippen LogP contribution >= 0.6 is 0 Å². The molecular weight excluding hydrogens is 266 g/mol. The van der Waals surface area contributed by atoms with Gasteiger partial charge in [0, 0.05) is 5.56 Å². The van der Waals surface area contributed by atoms with E-state index in [1.165, 1.54) is 6.20 Å². The Labute approximate surface area is 110 Å². The van der Waals surface area contributed by atoms with Gasteiger partial charge in [0.2, 0.25) is 10.0 Å². The average molecular weight is 279 g/mol. The highest BCUT2D eigenvalue weighted by Crippen LogP contribution is 2.10. The van der Waals surface area contributed by atoms with Gasteiger partial charge in [0.1, 0.15) is 4.90 Å². The summed E-state index contributed by atoms with van der Waals surface area (Å²) in [6.07, 6.45) is 1.21. The fourth-order valence-electron chi connectivity index (χ4n) is 1.57. The summed E-state index contributed by atoms with van der Waals surface area (Å²) in [6, 6.07) is 8.51. The third-order valence-electron chi connectivity index (χ3n) is 2.59. The van der Waals surface area contributed by atoms with Crippen molar-refractivity contribution in [2.45, 2.75) is 11.8 Å². The van der Waals surface area contributed by atoms with E-state index in [9.17, 15) is 13.2 Å². The van der Waals surface area contributed by atoms with Gasteiger partial charge < -0.3 is 0 Å². The van der Waals surface area contributed by atoms with Crippen LogP contribution in [-0.4, -0.2) is 30.9 Å². The average Bonchev–Trinajstić information content (AvgIpc) is 2.84. The Hall–Kier alpha value is -1.99. The molecule has 100 valence electrons. The maximum Gasteiger partial charge on any atom is 0.244 e. The Bertz CT molecular complexity index is 677. The van der Waals surface area contributed by atoms with E-state index in [4.69, 9.17) is 0 Å². The number of benzene rings is 1. The molecule has 0 aliphatic heterocycles. The molecule has 0 saturated carbocycles. The zero-order valence-corrected chi connectivity index (χ0v) is 11.1. The van der Waals surface area contributed by atoms with Crippen LogP contribution in [0.1, 0.15) is 16.1 Å². The molecule has 0 spiro atoms. The Balaban J connectivity index is 2.07. The molecule has 7 heteroatoms. The topological polar surface area (TPSA) is 91.9 Å². The van der Waals surface area contributed by atoms with Crippen LogP contribution in [0.2, 0.25) is 0 Å². The molecule has 0 atom stereocenters. The summed E-state index contributed by atoms with van der Waals surface area (Å²) in [5.74, 6) is -0.287. The molecule has 0 aliphatic carbocycles. The predicted molar refractivity (Wildman–Crippen MR) is 69.3 cm³/mol. The van der Waals surface area contributed by atoms with Gasteiger partial charge in [-0.05, 0) is 6.92 Å². The Morgan fingerprint density at radius 3 is 2.58 bits per heavy atom. The number of sulfonamides is 1. The van der Waals surface area contributed by atoms with Gasteiger partial charge in [0.25, 0.3) is 0 Å². The van der Waals surface area contributed by atoms with Crippen molar-refractivity contribution in [2.75, 3.05) is 6.54 Å². The first-order chi connectivity index (χ1) is 9.00. The highest BCUT2D eigenvalue weighted by Gasteiger charge is 2.19. The zero-order chi connectivity index (χ0) is 13.9. The van der Waals surface area contributed by atoms with Gasteiger partial charge in [-0.2, -0.15) is 5.10 Å². The number of hydrogen-bond donors (Lipinski definition) is 2. The van der Waals surface area contributed by atoms with Gasteiger partial charge in [-0.1, -0.05) is 30.3 Å². The van der Waals surface area contributed by atoms with E-state index in [1.807, 2.05) is 0 Å². The molecule has 6 nitrogen and oxygen atoms in total. The van der Waals surface area contributed by atoms with Crippen LogP contribution in [-0.2, 0) is 10.0 Å². The standard InChI is InChI=1S/C12H13N3O3S/c1-9-12(8-13-15-9)19(17,18)14-7-11(16)10-5-3-2-4-6-10/h2-6,8,14H,7H2,1H3,(H,13,15). The molecule has 2 rings (SSSR count). The van der Waals surface area contributed by atoms with Gasteiger partial charge in [0.05, 0.1) is 18.4 Å². The summed E-state index contributed by atoms with van der Waals surface area (Å²) in [4.78, 5) is 11.8. The number of H-pyrrole nitrogens is 1. The second-order valence-electron chi connectivity index (χ2n) is 3.97. The molecule has 0 aliphatic rings. The van der Waals surface area contributed by atoms with E-state index in [1.54, 1.807) is 37.3 Å². The molecule has 0 amide bonds. The number of aromatic nitrogens is 2. The molecular formula is C12H13N3O3S. The number of carbonyl (C=O) groups is 1. The van der Waals surface area contributed by atoms with Crippen molar-refractivity contribution < 1.29 is 13.2 Å². The summed E-state index contributed by atoms with van der Waals surface area (Å²) in [5, 5.41) is 6.18. The van der Waals surface area contributed by atoms with Crippen LogP contribution in [0.5, 0.6) is 0 Å². The van der Waals surface area contributed by atoms with Gasteiger partial charge in [-0.3, -0.25) is 9.89 Å². The first-order valence-electron chi connectivity index (χ1n) is 5.58. The number of aryl methyl sites for hydroxylation is 1. The van der Waals surface area contributed by atoms with E-state index in [-0.39, 0.29) is 17.2 Å². The molecule has 1 aromatic heterocycles. The fraction of sp³-hybridized carbons (Fsp3) is 0.167. The van der Waals surface area contributed by atoms with Crippen molar-refractivity contribution in [2.24, 2.45) is 0 Å². The van der Waals surface area contributed by atoms with Crippen LogP contribution in [0.4, 0.5) is 0 Å². The van der Waals surface area contributed by atoms with Crippen molar-refractivity contribution in [1.29, 1.82) is 0 Å². The van der Waals surface area contributed by atoms with Crippen LogP contribution in [0.15, 0.2) is 41.4 Å². The summed E-state index contributed by atoms with van der Waals surface area (Å²) in [6.45, 7) is 1.32. The van der Waals surface area contributed by atoms with E-state index >= 15 is 0 Å². The zero-order valence-electron chi connectivity index (χ0n) is 10.3. The molecule has 19 heavy (non-hydrogen) atoms. The van der Waals surface area contributed by atoms with E-state index in [0.29, 0.717) is 11.3 Å². The molecule has 0 fully saturated rings. The summed E-state index contributed by atoms with van der Waals surface area (Å²) >= 11 is 0. The Morgan fingerprint density at radius 2 is 2.00 bits per heavy atom. The molecule has 1 aromatic carbocycles. The quantitative estimate of drug-likeness (QED) is 0.795. The number of ketones is 1. The number of nitrogens with one attached hydrogen (secondary N) is 2. The first-order valence-corrected chi connectivity index (χ1v) is 7.07. The smallest absolute Gasteiger partial charge is 0.244 e. The molecule has 0 saturated heterocycles. The third-order valence-corrected chi connectivity index (χ3v) is 4.11. The van der Waals surface area contributed by atoms with Crippen LogP contribution in [0.3, 0.4) is 0 Å². The van der Waals surface area contributed by atoms with Gasteiger partial charge in [-0.25, -0.2) is 13.1 Å². The lowest BCUT2D eigenvalue weighted by molar-refractivity contribution is 0.0997.